The van der Waals surface area contributed by atoms with Crippen LogP contribution in [0.5, 0.6) is 0 Å². The Balaban J connectivity index is 1.76. The number of hydrogen-bond acceptors (Lipinski definition) is 6. The maximum atomic E-state index is 13.2. The summed E-state index contributed by atoms with van der Waals surface area (Å²) in [4.78, 5) is -0.0405. The largest absolute Gasteiger partial charge is 0.339 e. The Hall–Kier alpha value is -3.51. The van der Waals surface area contributed by atoms with Crippen molar-refractivity contribution in [3.05, 3.63) is 71.5 Å². The van der Waals surface area contributed by atoms with Gasteiger partial charge in [-0.05, 0) is 61.0 Å². The van der Waals surface area contributed by atoms with Crippen LogP contribution in [-0.2, 0) is 10.0 Å². The molecule has 0 aliphatic rings. The van der Waals surface area contributed by atoms with Gasteiger partial charge in [-0.2, -0.15) is 5.26 Å². The predicted molar refractivity (Wildman–Crippen MR) is 98.4 cm³/mol. The van der Waals surface area contributed by atoms with Gasteiger partial charge in [0.05, 0.1) is 16.5 Å². The number of halogens is 1. The Morgan fingerprint density at radius 1 is 1.04 bits per heavy atom. The number of nitrogens with one attached hydrogen (secondary N) is 2. The molecule has 0 saturated heterocycles. The Bertz CT molecular complexity index is 1130. The zero-order valence-corrected chi connectivity index (χ0v) is 15.0. The molecular weight excluding hydrogens is 369 g/mol. The number of rotatable bonds is 5. The lowest BCUT2D eigenvalue weighted by Gasteiger charge is -2.10. The van der Waals surface area contributed by atoms with E-state index in [-0.39, 0.29) is 16.3 Å². The SMILES string of the molecule is Cc1cc(F)ccc1S(=O)(=O)Nc1ccc(Nc2cccc(C#N)c2)nn1. The first-order valence-electron chi connectivity index (χ1n) is 7.77. The van der Waals surface area contributed by atoms with Gasteiger partial charge in [0.15, 0.2) is 11.6 Å². The Morgan fingerprint density at radius 2 is 1.78 bits per heavy atom. The van der Waals surface area contributed by atoms with E-state index >= 15 is 0 Å². The number of nitriles is 1. The minimum Gasteiger partial charge on any atom is -0.339 e. The first-order chi connectivity index (χ1) is 12.9. The molecule has 0 atom stereocenters. The third-order valence-electron chi connectivity index (χ3n) is 3.59. The summed E-state index contributed by atoms with van der Waals surface area (Å²) in [6, 6.07) is 15.2. The summed E-state index contributed by atoms with van der Waals surface area (Å²) in [5.74, 6) is -0.108. The van der Waals surface area contributed by atoms with Crippen LogP contribution >= 0.6 is 0 Å². The molecule has 9 heteroatoms. The van der Waals surface area contributed by atoms with Crippen molar-refractivity contribution < 1.29 is 12.8 Å². The standard InChI is InChI=1S/C18H14FN5O2S/c1-12-9-14(19)5-6-16(12)27(25,26)24-18-8-7-17(22-23-18)21-15-4-2-3-13(10-15)11-20/h2-10H,1H3,(H,21,22)(H,23,24). The summed E-state index contributed by atoms with van der Waals surface area (Å²) in [7, 11) is -3.92. The molecule has 0 fully saturated rings. The third kappa shape index (κ3) is 4.37. The summed E-state index contributed by atoms with van der Waals surface area (Å²) in [5, 5.41) is 19.6. The van der Waals surface area contributed by atoms with Crippen LogP contribution in [0.2, 0.25) is 0 Å². The van der Waals surface area contributed by atoms with Crippen molar-refractivity contribution in [1.29, 1.82) is 5.26 Å². The first-order valence-corrected chi connectivity index (χ1v) is 9.25. The van der Waals surface area contributed by atoms with Gasteiger partial charge in [-0.25, -0.2) is 12.8 Å². The number of aryl methyl sites for hydroxylation is 1. The average molecular weight is 383 g/mol. The molecule has 0 spiro atoms. The predicted octanol–water partition coefficient (Wildman–Crippen LogP) is 3.34. The van der Waals surface area contributed by atoms with Crippen LogP contribution in [0, 0.1) is 24.1 Å². The highest BCUT2D eigenvalue weighted by atomic mass is 32.2. The van der Waals surface area contributed by atoms with E-state index in [1.807, 2.05) is 6.07 Å². The Morgan fingerprint density at radius 3 is 2.44 bits per heavy atom. The smallest absolute Gasteiger partial charge is 0.263 e. The zero-order valence-electron chi connectivity index (χ0n) is 14.1. The van der Waals surface area contributed by atoms with Gasteiger partial charge in [0.2, 0.25) is 0 Å². The van der Waals surface area contributed by atoms with Crippen molar-refractivity contribution in [2.45, 2.75) is 11.8 Å². The van der Waals surface area contributed by atoms with E-state index in [4.69, 9.17) is 5.26 Å². The zero-order chi connectivity index (χ0) is 19.4. The molecule has 0 unspecified atom stereocenters. The van der Waals surface area contributed by atoms with E-state index in [0.29, 0.717) is 17.1 Å². The summed E-state index contributed by atoms with van der Waals surface area (Å²) < 4.78 is 40.3. The van der Waals surface area contributed by atoms with Crippen LogP contribution in [0.15, 0.2) is 59.5 Å². The van der Waals surface area contributed by atoms with E-state index < -0.39 is 15.8 Å². The van der Waals surface area contributed by atoms with Crippen molar-refractivity contribution in [2.75, 3.05) is 10.0 Å². The number of sulfonamides is 1. The minimum atomic E-state index is -3.92. The van der Waals surface area contributed by atoms with Crippen molar-refractivity contribution in [3.8, 4) is 6.07 Å². The second-order valence-corrected chi connectivity index (χ2v) is 7.29. The van der Waals surface area contributed by atoms with E-state index in [1.165, 1.54) is 19.1 Å². The summed E-state index contributed by atoms with van der Waals surface area (Å²) in [6.07, 6.45) is 0. The molecule has 7 nitrogen and oxygen atoms in total. The molecule has 0 radical (unpaired) electrons. The van der Waals surface area contributed by atoms with Crippen molar-refractivity contribution in [2.24, 2.45) is 0 Å². The number of anilines is 3. The summed E-state index contributed by atoms with van der Waals surface area (Å²) in [6.45, 7) is 1.51. The average Bonchev–Trinajstić information content (AvgIpc) is 2.63. The highest BCUT2D eigenvalue weighted by Gasteiger charge is 2.18. The van der Waals surface area contributed by atoms with Crippen LogP contribution in [-0.4, -0.2) is 18.6 Å². The fraction of sp³-hybridized carbons (Fsp3) is 0.0556. The molecular formula is C18H14FN5O2S. The van der Waals surface area contributed by atoms with Gasteiger partial charge in [0.1, 0.15) is 5.82 Å². The van der Waals surface area contributed by atoms with Crippen molar-refractivity contribution >= 4 is 27.3 Å². The topological polar surface area (TPSA) is 108 Å². The van der Waals surface area contributed by atoms with Crippen LogP contribution in [0.25, 0.3) is 0 Å². The van der Waals surface area contributed by atoms with E-state index in [2.05, 4.69) is 20.2 Å². The van der Waals surface area contributed by atoms with Crippen LogP contribution in [0.4, 0.5) is 21.7 Å². The van der Waals surface area contributed by atoms with Gasteiger partial charge in [0, 0.05) is 5.69 Å². The lowest BCUT2D eigenvalue weighted by atomic mass is 10.2. The molecule has 27 heavy (non-hydrogen) atoms. The number of hydrogen-bond donors (Lipinski definition) is 2. The third-order valence-corrected chi connectivity index (χ3v) is 5.11. The van der Waals surface area contributed by atoms with Crippen LogP contribution in [0.3, 0.4) is 0 Å². The molecule has 3 aromatic rings. The summed E-state index contributed by atoms with van der Waals surface area (Å²) in [5.41, 5.74) is 1.43. The monoisotopic (exact) mass is 383 g/mol. The maximum absolute atomic E-state index is 13.2. The van der Waals surface area contributed by atoms with E-state index in [1.54, 1.807) is 30.3 Å². The molecule has 0 aliphatic heterocycles. The van der Waals surface area contributed by atoms with Gasteiger partial charge < -0.3 is 5.32 Å². The van der Waals surface area contributed by atoms with Crippen molar-refractivity contribution in [1.82, 2.24) is 10.2 Å². The second kappa shape index (κ2) is 7.39. The molecule has 1 heterocycles. The minimum absolute atomic E-state index is 0.0232. The quantitative estimate of drug-likeness (QED) is 0.700. The molecule has 2 N–H and O–H groups in total. The summed E-state index contributed by atoms with van der Waals surface area (Å²) >= 11 is 0. The normalized spacial score (nSPS) is 10.9. The molecule has 0 saturated carbocycles. The van der Waals surface area contributed by atoms with E-state index in [9.17, 15) is 12.8 Å². The Kier molecular flexibility index (Phi) is 5.00. The van der Waals surface area contributed by atoms with Crippen molar-refractivity contribution in [3.63, 3.8) is 0 Å². The first kappa shape index (κ1) is 18.3. The van der Waals surface area contributed by atoms with Gasteiger partial charge >= 0.3 is 0 Å². The molecule has 1 aromatic heterocycles. The molecule has 0 bridgehead atoms. The van der Waals surface area contributed by atoms with Gasteiger partial charge in [-0.15, -0.1) is 10.2 Å². The van der Waals surface area contributed by atoms with E-state index in [0.717, 1.165) is 12.1 Å². The Labute approximate surface area is 155 Å². The number of benzene rings is 2. The van der Waals surface area contributed by atoms with Gasteiger partial charge in [0.25, 0.3) is 10.0 Å². The van der Waals surface area contributed by atoms with Gasteiger partial charge in [-0.1, -0.05) is 6.07 Å². The molecule has 0 amide bonds. The molecule has 3 rings (SSSR count). The highest BCUT2D eigenvalue weighted by molar-refractivity contribution is 7.92. The fourth-order valence-corrected chi connectivity index (χ4v) is 3.60. The highest BCUT2D eigenvalue weighted by Crippen LogP contribution is 2.20. The van der Waals surface area contributed by atoms with Gasteiger partial charge in [-0.3, -0.25) is 4.72 Å². The lowest BCUT2D eigenvalue weighted by molar-refractivity contribution is 0.598. The fourth-order valence-electron chi connectivity index (χ4n) is 2.37. The van der Waals surface area contributed by atoms with Crippen LogP contribution < -0.4 is 10.0 Å². The van der Waals surface area contributed by atoms with Crippen LogP contribution in [0.1, 0.15) is 11.1 Å². The molecule has 2 aromatic carbocycles. The lowest BCUT2D eigenvalue weighted by Crippen LogP contribution is -2.15. The maximum Gasteiger partial charge on any atom is 0.263 e. The molecule has 136 valence electrons. The number of nitrogens with zero attached hydrogens (tertiary/aromatic N) is 3. The second-order valence-electron chi connectivity index (χ2n) is 5.64. The number of aromatic nitrogens is 2. The molecule has 0 aliphatic carbocycles.